The molecule has 1 aliphatic carbocycles. The number of aliphatic imine (C=N–C) groups is 1. The number of hydrogen-bond acceptors (Lipinski definition) is 6. The minimum absolute atomic E-state index is 0.0358. The quantitative estimate of drug-likeness (QED) is 0.449. The SMILES string of the molecule is NC(=O)c1occc1Cc1cc(NC2CCCC2)c2[nH]c(C3=N[C@H](CO)CS3)cc2c1. The smallest absolute Gasteiger partial charge is 0.284 e. The van der Waals surface area contributed by atoms with Gasteiger partial charge in [0.25, 0.3) is 5.91 Å². The Kier molecular flexibility index (Phi) is 5.50. The number of hydrogen-bond donors (Lipinski definition) is 4. The first-order valence-corrected chi connectivity index (χ1v) is 11.7. The molecule has 1 aromatic carbocycles. The van der Waals surface area contributed by atoms with Crippen molar-refractivity contribution in [2.75, 3.05) is 17.7 Å². The summed E-state index contributed by atoms with van der Waals surface area (Å²) in [5.41, 5.74) is 10.4. The van der Waals surface area contributed by atoms with Gasteiger partial charge < -0.3 is 25.6 Å². The molecule has 1 fully saturated rings. The molecule has 5 N–H and O–H groups in total. The normalized spacial score (nSPS) is 19.3. The van der Waals surface area contributed by atoms with Crippen LogP contribution in [-0.4, -0.2) is 45.5 Å². The largest absolute Gasteiger partial charge is 0.459 e. The first-order chi connectivity index (χ1) is 15.1. The number of rotatable bonds is 7. The lowest BCUT2D eigenvalue weighted by Crippen LogP contribution is -2.15. The summed E-state index contributed by atoms with van der Waals surface area (Å²) >= 11 is 1.67. The van der Waals surface area contributed by atoms with Gasteiger partial charge >= 0.3 is 0 Å². The highest BCUT2D eigenvalue weighted by Gasteiger charge is 2.22. The van der Waals surface area contributed by atoms with Gasteiger partial charge in [-0.25, -0.2) is 0 Å². The third kappa shape index (κ3) is 4.09. The minimum Gasteiger partial charge on any atom is -0.459 e. The van der Waals surface area contributed by atoms with Crippen LogP contribution in [0, 0.1) is 0 Å². The van der Waals surface area contributed by atoms with Crippen molar-refractivity contribution in [2.45, 2.75) is 44.2 Å². The number of aliphatic hydroxyl groups excluding tert-OH is 1. The lowest BCUT2D eigenvalue weighted by atomic mass is 10.0. The Morgan fingerprint density at radius 1 is 1.32 bits per heavy atom. The molecule has 0 spiro atoms. The molecule has 3 aromatic rings. The number of anilines is 1. The Labute approximate surface area is 184 Å². The van der Waals surface area contributed by atoms with E-state index in [9.17, 15) is 9.90 Å². The second-order valence-electron chi connectivity index (χ2n) is 8.31. The molecule has 1 amide bonds. The number of aromatic amines is 1. The van der Waals surface area contributed by atoms with Crippen LogP contribution in [0.2, 0.25) is 0 Å². The number of aliphatic hydroxyl groups is 1. The van der Waals surface area contributed by atoms with Crippen molar-refractivity contribution in [3.8, 4) is 0 Å². The topological polar surface area (TPSA) is 117 Å². The van der Waals surface area contributed by atoms with Gasteiger partial charge in [-0.1, -0.05) is 12.8 Å². The molecule has 162 valence electrons. The number of amides is 1. The number of benzene rings is 1. The molecule has 1 aliphatic heterocycles. The standard InChI is InChI=1S/C23H26N4O3S/c24-22(29)21-14(5-6-30-21)7-13-8-15-10-19(23-26-17(11-28)12-31-23)27-20(15)18(9-13)25-16-3-1-2-4-16/h5-6,8-10,16-17,25,27-28H,1-4,7,11-12H2,(H2,24,29)/t17-/m1/s1. The lowest BCUT2D eigenvalue weighted by Gasteiger charge is -2.16. The number of primary amides is 1. The number of furan rings is 1. The van der Waals surface area contributed by atoms with Crippen LogP contribution < -0.4 is 11.1 Å². The lowest BCUT2D eigenvalue weighted by molar-refractivity contribution is 0.0973. The van der Waals surface area contributed by atoms with Gasteiger partial charge in [-0.05, 0) is 42.7 Å². The van der Waals surface area contributed by atoms with Crippen LogP contribution in [0.4, 0.5) is 5.69 Å². The minimum atomic E-state index is -0.552. The van der Waals surface area contributed by atoms with Gasteiger partial charge in [0.05, 0.1) is 35.8 Å². The molecule has 0 saturated heterocycles. The van der Waals surface area contributed by atoms with Gasteiger partial charge in [-0.3, -0.25) is 9.79 Å². The molecule has 2 aromatic heterocycles. The monoisotopic (exact) mass is 438 g/mol. The number of carbonyl (C=O) groups is 1. The van der Waals surface area contributed by atoms with Crippen molar-refractivity contribution in [3.63, 3.8) is 0 Å². The van der Waals surface area contributed by atoms with Crippen LogP contribution in [0.3, 0.4) is 0 Å². The molecule has 1 atom stereocenters. The molecule has 5 rings (SSSR count). The fraction of sp³-hybridized carbons (Fsp3) is 0.391. The summed E-state index contributed by atoms with van der Waals surface area (Å²) in [7, 11) is 0. The Morgan fingerprint density at radius 3 is 2.90 bits per heavy atom. The molecular weight excluding hydrogens is 412 g/mol. The van der Waals surface area contributed by atoms with Gasteiger partial charge in [0.2, 0.25) is 0 Å². The molecule has 0 radical (unpaired) electrons. The molecule has 31 heavy (non-hydrogen) atoms. The van der Waals surface area contributed by atoms with Crippen molar-refractivity contribution in [3.05, 3.63) is 53.1 Å². The maximum atomic E-state index is 11.7. The zero-order valence-electron chi connectivity index (χ0n) is 17.2. The van der Waals surface area contributed by atoms with E-state index in [0.29, 0.717) is 12.5 Å². The van der Waals surface area contributed by atoms with Gasteiger partial charge in [-0.15, -0.1) is 11.8 Å². The second kappa shape index (κ2) is 8.43. The fourth-order valence-electron chi connectivity index (χ4n) is 4.49. The van der Waals surface area contributed by atoms with Gasteiger partial charge in [0, 0.05) is 29.2 Å². The summed E-state index contributed by atoms with van der Waals surface area (Å²) in [6, 6.07) is 8.64. The van der Waals surface area contributed by atoms with Gasteiger partial charge in [0.1, 0.15) is 5.04 Å². The van der Waals surface area contributed by atoms with E-state index in [1.807, 2.05) is 0 Å². The van der Waals surface area contributed by atoms with E-state index in [-0.39, 0.29) is 18.4 Å². The maximum Gasteiger partial charge on any atom is 0.284 e. The zero-order chi connectivity index (χ0) is 21.4. The number of fused-ring (bicyclic) bond motifs is 1. The predicted molar refractivity (Wildman–Crippen MR) is 124 cm³/mol. The average Bonchev–Trinajstić information content (AvgIpc) is 3.53. The van der Waals surface area contributed by atoms with Gasteiger partial charge in [0.15, 0.2) is 5.76 Å². The summed E-state index contributed by atoms with van der Waals surface area (Å²) in [5.74, 6) is 0.465. The number of H-pyrrole nitrogens is 1. The summed E-state index contributed by atoms with van der Waals surface area (Å²) in [6.45, 7) is 0.0717. The second-order valence-corrected chi connectivity index (χ2v) is 9.32. The number of nitrogens with two attached hydrogens (primary N) is 1. The highest BCUT2D eigenvalue weighted by atomic mass is 32.2. The van der Waals surface area contributed by atoms with E-state index in [0.717, 1.165) is 44.2 Å². The zero-order valence-corrected chi connectivity index (χ0v) is 18.0. The Hall–Kier alpha value is -2.71. The van der Waals surface area contributed by atoms with Crippen molar-refractivity contribution < 1.29 is 14.3 Å². The number of nitrogens with zero attached hydrogens (tertiary/aromatic N) is 1. The third-order valence-corrected chi connectivity index (χ3v) is 7.17. The van der Waals surface area contributed by atoms with Crippen LogP contribution in [0.15, 0.2) is 39.9 Å². The summed E-state index contributed by atoms with van der Waals surface area (Å²) in [5, 5.41) is 15.2. The van der Waals surface area contributed by atoms with Crippen LogP contribution >= 0.6 is 11.8 Å². The van der Waals surface area contributed by atoms with Crippen molar-refractivity contribution in [1.82, 2.24) is 4.98 Å². The van der Waals surface area contributed by atoms with Crippen molar-refractivity contribution >= 4 is 39.3 Å². The molecule has 7 nitrogen and oxygen atoms in total. The molecular formula is C23H26N4O3S. The Morgan fingerprint density at radius 2 is 2.16 bits per heavy atom. The Balaban J connectivity index is 1.53. The fourth-order valence-corrected chi connectivity index (χ4v) is 5.51. The van der Waals surface area contributed by atoms with E-state index in [1.54, 1.807) is 17.8 Å². The summed E-state index contributed by atoms with van der Waals surface area (Å²) < 4.78 is 5.28. The highest BCUT2D eigenvalue weighted by molar-refractivity contribution is 8.14. The van der Waals surface area contributed by atoms with Crippen molar-refractivity contribution in [1.29, 1.82) is 0 Å². The molecule has 8 heteroatoms. The highest BCUT2D eigenvalue weighted by Crippen LogP contribution is 2.33. The number of thioether (sulfide) groups is 1. The number of carbonyl (C=O) groups excluding carboxylic acids is 1. The van der Waals surface area contributed by atoms with E-state index in [4.69, 9.17) is 10.2 Å². The van der Waals surface area contributed by atoms with Crippen LogP contribution in [0.25, 0.3) is 10.9 Å². The van der Waals surface area contributed by atoms with E-state index < -0.39 is 5.91 Å². The first-order valence-electron chi connectivity index (χ1n) is 10.7. The summed E-state index contributed by atoms with van der Waals surface area (Å²) in [6.07, 6.45) is 6.92. The van der Waals surface area contributed by atoms with Crippen LogP contribution in [0.1, 0.15) is 53.1 Å². The first kappa shape index (κ1) is 20.2. The molecule has 2 aliphatic rings. The van der Waals surface area contributed by atoms with E-state index in [2.05, 4.69) is 33.5 Å². The number of aromatic nitrogens is 1. The predicted octanol–water partition coefficient (Wildman–Crippen LogP) is 3.66. The maximum absolute atomic E-state index is 11.7. The van der Waals surface area contributed by atoms with Gasteiger partial charge in [-0.2, -0.15) is 0 Å². The molecule has 3 heterocycles. The third-order valence-electron chi connectivity index (χ3n) is 6.02. The molecule has 1 saturated carbocycles. The summed E-state index contributed by atoms with van der Waals surface area (Å²) in [4.78, 5) is 19.8. The average molecular weight is 439 g/mol. The molecule has 0 bridgehead atoms. The van der Waals surface area contributed by atoms with Crippen LogP contribution in [-0.2, 0) is 6.42 Å². The molecule has 0 unspecified atom stereocenters. The van der Waals surface area contributed by atoms with Crippen LogP contribution in [0.5, 0.6) is 0 Å². The van der Waals surface area contributed by atoms with E-state index >= 15 is 0 Å². The number of nitrogens with one attached hydrogen (secondary N) is 2. The van der Waals surface area contributed by atoms with E-state index in [1.165, 1.54) is 31.9 Å². The van der Waals surface area contributed by atoms with Crippen molar-refractivity contribution in [2.24, 2.45) is 10.7 Å². The Bertz CT molecular complexity index is 1140.